The van der Waals surface area contributed by atoms with Crippen molar-refractivity contribution in [1.29, 1.82) is 0 Å². The van der Waals surface area contributed by atoms with Crippen LogP contribution in [0.25, 0.3) is 16.7 Å². The fourth-order valence-corrected chi connectivity index (χ4v) is 3.97. The van der Waals surface area contributed by atoms with Crippen LogP contribution in [0, 0.1) is 5.92 Å². The van der Waals surface area contributed by atoms with Crippen molar-refractivity contribution in [2.24, 2.45) is 5.92 Å². The van der Waals surface area contributed by atoms with Gasteiger partial charge in [-0.3, -0.25) is 18.6 Å². The third kappa shape index (κ3) is 3.71. The summed E-state index contributed by atoms with van der Waals surface area (Å²) in [7, 11) is 3.47. The van der Waals surface area contributed by atoms with Crippen molar-refractivity contribution in [3.8, 4) is 0 Å². The highest BCUT2D eigenvalue weighted by Gasteiger charge is 2.22. The minimum atomic E-state index is -0.304. The Kier molecular flexibility index (Phi) is 5.55. The van der Waals surface area contributed by atoms with Crippen molar-refractivity contribution in [2.45, 2.75) is 44.1 Å². The molecule has 1 atom stereocenters. The van der Waals surface area contributed by atoms with Crippen molar-refractivity contribution in [3.05, 3.63) is 34.6 Å². The molecule has 0 aliphatic carbocycles. The molecule has 3 rings (SSSR count). The van der Waals surface area contributed by atoms with E-state index in [0.717, 1.165) is 11.9 Å². The van der Waals surface area contributed by atoms with E-state index >= 15 is 0 Å². The topological polar surface area (TPSA) is 72.5 Å². The summed E-state index contributed by atoms with van der Waals surface area (Å²) in [5.41, 5.74) is 0.704. The number of nitrogens with zero attached hydrogens (tertiary/aromatic N) is 5. The zero-order valence-electron chi connectivity index (χ0n) is 16.3. The van der Waals surface area contributed by atoms with E-state index in [1.165, 1.54) is 11.8 Å². The Labute approximate surface area is 162 Å². The molecule has 0 saturated carbocycles. The summed E-state index contributed by atoms with van der Waals surface area (Å²) in [6, 6.07) is 7.47. The molecule has 0 aliphatic heterocycles. The van der Waals surface area contributed by atoms with E-state index < -0.39 is 0 Å². The molecule has 0 N–H and O–H groups in total. The second-order valence-corrected chi connectivity index (χ2v) is 8.58. The summed E-state index contributed by atoms with van der Waals surface area (Å²) in [5, 5.41) is 9.53. The number of benzene rings is 1. The largest absolute Gasteiger partial charge is 0.348 e. The Morgan fingerprint density at radius 3 is 2.56 bits per heavy atom. The number of aryl methyl sites for hydroxylation is 1. The Morgan fingerprint density at radius 1 is 1.19 bits per heavy atom. The molecule has 1 unspecified atom stereocenters. The number of carbonyl (C=O) groups excluding carboxylic acids is 1. The molecule has 1 aromatic carbocycles. The number of thioether (sulfide) groups is 1. The third-order valence-electron chi connectivity index (χ3n) is 4.48. The van der Waals surface area contributed by atoms with Gasteiger partial charge in [-0.2, -0.15) is 0 Å². The van der Waals surface area contributed by atoms with Gasteiger partial charge >= 0.3 is 0 Å². The van der Waals surface area contributed by atoms with Gasteiger partial charge in [-0.05, 0) is 31.4 Å². The molecule has 7 nitrogen and oxygen atoms in total. The average Bonchev–Trinajstić information content (AvgIpc) is 3.04. The van der Waals surface area contributed by atoms with Crippen LogP contribution in [0.1, 0.15) is 27.2 Å². The standard InChI is InChI=1S/C19H25N5O2S/c1-12(2)10-11-23-17(26)14-8-6-7-9-15(14)24-18(23)20-21-19(24)27-13(3)16(25)22(4)5/h6-9,12-13H,10-11H2,1-5H3. The normalized spacial score (nSPS) is 12.8. The molecule has 0 radical (unpaired) electrons. The molecule has 144 valence electrons. The van der Waals surface area contributed by atoms with Crippen LogP contribution in [0.15, 0.2) is 34.2 Å². The maximum atomic E-state index is 13.0. The first-order valence-electron chi connectivity index (χ1n) is 9.05. The van der Waals surface area contributed by atoms with Crippen molar-refractivity contribution in [3.63, 3.8) is 0 Å². The van der Waals surface area contributed by atoms with Crippen LogP contribution in [0.2, 0.25) is 0 Å². The minimum Gasteiger partial charge on any atom is -0.348 e. The number of para-hydroxylation sites is 1. The van der Waals surface area contributed by atoms with Crippen molar-refractivity contribution < 1.29 is 4.79 Å². The van der Waals surface area contributed by atoms with E-state index in [0.29, 0.717) is 28.8 Å². The van der Waals surface area contributed by atoms with E-state index in [2.05, 4.69) is 24.0 Å². The molecule has 0 saturated heterocycles. The fourth-order valence-electron chi connectivity index (χ4n) is 2.97. The summed E-state index contributed by atoms with van der Waals surface area (Å²) < 4.78 is 3.58. The Bertz CT molecular complexity index is 1040. The van der Waals surface area contributed by atoms with Crippen molar-refractivity contribution >= 4 is 34.3 Å². The number of carbonyl (C=O) groups is 1. The summed E-state index contributed by atoms with van der Waals surface area (Å²) in [6.07, 6.45) is 0.874. The van der Waals surface area contributed by atoms with Crippen LogP contribution in [-0.4, -0.2) is 49.3 Å². The summed E-state index contributed by atoms with van der Waals surface area (Å²) in [4.78, 5) is 26.8. The van der Waals surface area contributed by atoms with Gasteiger partial charge in [0.1, 0.15) is 0 Å². The van der Waals surface area contributed by atoms with Crippen molar-refractivity contribution in [1.82, 2.24) is 24.1 Å². The molecule has 1 amide bonds. The highest BCUT2D eigenvalue weighted by atomic mass is 32.2. The lowest BCUT2D eigenvalue weighted by Crippen LogP contribution is -2.29. The van der Waals surface area contributed by atoms with E-state index in [4.69, 9.17) is 0 Å². The first-order chi connectivity index (χ1) is 12.8. The fraction of sp³-hybridized carbons (Fsp3) is 0.474. The Morgan fingerprint density at radius 2 is 1.89 bits per heavy atom. The van der Waals surface area contributed by atoms with Gasteiger partial charge in [0.05, 0.1) is 16.2 Å². The van der Waals surface area contributed by atoms with Crippen LogP contribution in [-0.2, 0) is 11.3 Å². The second kappa shape index (κ2) is 7.72. The molecule has 3 aromatic rings. The lowest BCUT2D eigenvalue weighted by Gasteiger charge is -2.16. The number of aromatic nitrogens is 4. The summed E-state index contributed by atoms with van der Waals surface area (Å²) in [5.74, 6) is 0.999. The molecule has 2 aromatic heterocycles. The van der Waals surface area contributed by atoms with E-state index in [-0.39, 0.29) is 16.7 Å². The van der Waals surface area contributed by atoms with Gasteiger partial charge < -0.3 is 4.90 Å². The minimum absolute atomic E-state index is 0.00850. The van der Waals surface area contributed by atoms with Gasteiger partial charge in [0, 0.05) is 20.6 Å². The predicted molar refractivity (Wildman–Crippen MR) is 108 cm³/mol. The van der Waals surface area contributed by atoms with Gasteiger partial charge in [0.15, 0.2) is 5.16 Å². The van der Waals surface area contributed by atoms with Gasteiger partial charge in [0.2, 0.25) is 11.7 Å². The molecule has 0 fully saturated rings. The molecular weight excluding hydrogens is 362 g/mol. The molecular formula is C19H25N5O2S. The number of rotatable bonds is 6. The van der Waals surface area contributed by atoms with E-state index in [9.17, 15) is 9.59 Å². The number of hydrogen-bond donors (Lipinski definition) is 0. The van der Waals surface area contributed by atoms with E-state index in [1.807, 2.05) is 35.6 Å². The maximum absolute atomic E-state index is 13.0. The number of hydrogen-bond acceptors (Lipinski definition) is 5. The van der Waals surface area contributed by atoms with Gasteiger partial charge in [-0.1, -0.05) is 37.7 Å². The van der Waals surface area contributed by atoms with Gasteiger partial charge in [-0.25, -0.2) is 0 Å². The maximum Gasteiger partial charge on any atom is 0.262 e. The first-order valence-corrected chi connectivity index (χ1v) is 9.93. The van der Waals surface area contributed by atoms with Crippen molar-refractivity contribution in [2.75, 3.05) is 14.1 Å². The first kappa shape index (κ1) is 19.4. The predicted octanol–water partition coefficient (Wildman–Crippen LogP) is 2.66. The van der Waals surface area contributed by atoms with Gasteiger partial charge in [0.25, 0.3) is 5.56 Å². The second-order valence-electron chi connectivity index (χ2n) is 7.27. The average molecular weight is 388 g/mol. The van der Waals surface area contributed by atoms with Gasteiger partial charge in [-0.15, -0.1) is 10.2 Å². The molecule has 0 aliphatic rings. The highest BCUT2D eigenvalue weighted by Crippen LogP contribution is 2.26. The molecule has 0 spiro atoms. The Balaban J connectivity index is 2.18. The molecule has 0 bridgehead atoms. The van der Waals surface area contributed by atoms with Crippen LogP contribution >= 0.6 is 11.8 Å². The molecule has 27 heavy (non-hydrogen) atoms. The van der Waals surface area contributed by atoms with Crippen LogP contribution in [0.5, 0.6) is 0 Å². The molecule has 2 heterocycles. The number of amides is 1. The zero-order valence-corrected chi connectivity index (χ0v) is 17.2. The zero-order chi connectivity index (χ0) is 19.7. The molecule has 8 heteroatoms. The summed E-state index contributed by atoms with van der Waals surface area (Å²) in [6.45, 7) is 6.69. The van der Waals surface area contributed by atoms with E-state index in [1.54, 1.807) is 23.6 Å². The Hall–Kier alpha value is -2.35. The van der Waals surface area contributed by atoms with Crippen LogP contribution in [0.3, 0.4) is 0 Å². The smallest absolute Gasteiger partial charge is 0.262 e. The summed E-state index contributed by atoms with van der Waals surface area (Å²) >= 11 is 1.35. The van der Waals surface area contributed by atoms with Crippen LogP contribution < -0.4 is 5.56 Å². The SMILES string of the molecule is CC(C)CCn1c(=O)c2ccccc2n2c(SC(C)C(=O)N(C)C)nnc12. The number of fused-ring (bicyclic) bond motifs is 3. The highest BCUT2D eigenvalue weighted by molar-refractivity contribution is 8.00. The van der Waals surface area contributed by atoms with Crippen LogP contribution in [0.4, 0.5) is 0 Å². The monoisotopic (exact) mass is 387 g/mol. The quantitative estimate of drug-likeness (QED) is 0.608. The lowest BCUT2D eigenvalue weighted by molar-refractivity contribution is -0.127. The third-order valence-corrected chi connectivity index (χ3v) is 5.51. The lowest BCUT2D eigenvalue weighted by atomic mass is 10.1.